The Bertz CT molecular complexity index is 921. The highest BCUT2D eigenvalue weighted by molar-refractivity contribution is 7.90. The number of hydrogen-bond acceptors (Lipinski definition) is 10. The van der Waals surface area contributed by atoms with Crippen LogP contribution in [-0.2, 0) is 21.2 Å². The van der Waals surface area contributed by atoms with Crippen LogP contribution in [0.2, 0.25) is 0 Å². The number of nitrogens with zero attached hydrogens (tertiary/aromatic N) is 3. The minimum Gasteiger partial charge on any atom is -0.467 e. The number of rotatable bonds is 7. The summed E-state index contributed by atoms with van der Waals surface area (Å²) in [5.74, 6) is -0.618. The summed E-state index contributed by atoms with van der Waals surface area (Å²) in [6.07, 6.45) is 0.450. The van der Waals surface area contributed by atoms with Crippen LogP contribution < -0.4 is 14.8 Å². The molecule has 2 aromatic heterocycles. The van der Waals surface area contributed by atoms with Gasteiger partial charge >= 0.3 is 18.0 Å². The van der Waals surface area contributed by atoms with Gasteiger partial charge in [0, 0.05) is 6.42 Å². The lowest BCUT2D eigenvalue weighted by Crippen LogP contribution is -2.35. The molecular formula is C14H17N5O6S2. The average molecular weight is 415 g/mol. The Kier molecular flexibility index (Phi) is 6.63. The van der Waals surface area contributed by atoms with E-state index in [1.54, 1.807) is 18.6 Å². The van der Waals surface area contributed by atoms with Gasteiger partial charge in [-0.2, -0.15) is 15.0 Å². The molecule has 2 N–H and O–H groups in total. The molecule has 0 spiro atoms. The first-order chi connectivity index (χ1) is 12.8. The zero-order valence-electron chi connectivity index (χ0n) is 14.7. The van der Waals surface area contributed by atoms with E-state index in [-0.39, 0.29) is 28.3 Å². The third-order valence-corrected chi connectivity index (χ3v) is 5.39. The van der Waals surface area contributed by atoms with E-state index in [1.165, 1.54) is 18.6 Å². The number of anilines is 1. The van der Waals surface area contributed by atoms with Crippen LogP contribution in [0.25, 0.3) is 0 Å². The molecule has 13 heteroatoms. The summed E-state index contributed by atoms with van der Waals surface area (Å²) in [5.41, 5.74) is 0. The fraction of sp³-hybridized carbons (Fsp3) is 0.357. The predicted octanol–water partition coefficient (Wildman–Crippen LogP) is 1.19. The summed E-state index contributed by atoms with van der Waals surface area (Å²) in [4.78, 5) is 35.2. The summed E-state index contributed by atoms with van der Waals surface area (Å²) >= 11 is 0.891. The average Bonchev–Trinajstić information content (AvgIpc) is 3.12. The molecule has 2 heterocycles. The number of sulfonamides is 1. The van der Waals surface area contributed by atoms with Crippen LogP contribution in [-0.4, -0.2) is 49.1 Å². The van der Waals surface area contributed by atoms with Crippen LogP contribution in [0.4, 0.5) is 10.7 Å². The Morgan fingerprint density at radius 2 is 1.96 bits per heavy atom. The first-order valence-corrected chi connectivity index (χ1v) is 10.0. The first-order valence-electron chi connectivity index (χ1n) is 7.68. The highest BCUT2D eigenvalue weighted by atomic mass is 32.2. The number of methoxy groups -OCH3 is 1. The summed E-state index contributed by atoms with van der Waals surface area (Å²) < 4.78 is 36.4. The van der Waals surface area contributed by atoms with Gasteiger partial charge in [-0.1, -0.05) is 6.92 Å². The van der Waals surface area contributed by atoms with Crippen LogP contribution in [0.1, 0.15) is 29.3 Å². The normalized spacial score (nSPS) is 10.9. The van der Waals surface area contributed by atoms with E-state index in [2.05, 4.69) is 20.3 Å². The molecule has 0 fully saturated rings. The molecule has 27 heavy (non-hydrogen) atoms. The SMILES string of the molecule is CCOC(=O)c1sccc1S(=O)(=O)NC(=O)Nc1nc(CC)nc(OC)n1. The van der Waals surface area contributed by atoms with Crippen molar-refractivity contribution in [3.05, 3.63) is 22.1 Å². The number of ether oxygens (including phenoxy) is 2. The van der Waals surface area contributed by atoms with Crippen molar-refractivity contribution in [1.29, 1.82) is 0 Å². The van der Waals surface area contributed by atoms with Gasteiger partial charge in [-0.25, -0.2) is 22.7 Å². The fourth-order valence-electron chi connectivity index (χ4n) is 1.86. The largest absolute Gasteiger partial charge is 0.467 e. The Hall–Kier alpha value is -2.80. The van der Waals surface area contributed by atoms with Gasteiger partial charge in [0.05, 0.1) is 13.7 Å². The molecule has 146 valence electrons. The van der Waals surface area contributed by atoms with E-state index in [1.807, 2.05) is 0 Å². The van der Waals surface area contributed by atoms with Gasteiger partial charge < -0.3 is 9.47 Å². The maximum Gasteiger partial charge on any atom is 0.349 e. The molecular weight excluding hydrogens is 398 g/mol. The number of thiophene rings is 1. The van der Waals surface area contributed by atoms with Crippen LogP contribution in [0, 0.1) is 0 Å². The minimum atomic E-state index is -4.32. The van der Waals surface area contributed by atoms with Crippen molar-refractivity contribution in [2.75, 3.05) is 19.0 Å². The Labute approximate surface area is 159 Å². The van der Waals surface area contributed by atoms with E-state index in [0.29, 0.717) is 12.2 Å². The highest BCUT2D eigenvalue weighted by Gasteiger charge is 2.27. The summed E-state index contributed by atoms with van der Waals surface area (Å²) in [6.45, 7) is 3.47. The lowest BCUT2D eigenvalue weighted by molar-refractivity contribution is 0.0528. The number of amides is 2. The zero-order chi connectivity index (χ0) is 20.0. The van der Waals surface area contributed by atoms with Crippen molar-refractivity contribution < 1.29 is 27.5 Å². The molecule has 2 amide bonds. The number of aromatic nitrogens is 3. The quantitative estimate of drug-likeness (QED) is 0.636. The van der Waals surface area contributed by atoms with Gasteiger partial charge in [0.1, 0.15) is 15.6 Å². The maximum absolute atomic E-state index is 12.4. The van der Waals surface area contributed by atoms with Crippen molar-refractivity contribution in [1.82, 2.24) is 19.7 Å². The van der Waals surface area contributed by atoms with Gasteiger partial charge in [0.15, 0.2) is 0 Å². The number of urea groups is 1. The third kappa shape index (κ3) is 5.10. The van der Waals surface area contributed by atoms with E-state index in [0.717, 1.165) is 11.3 Å². The topological polar surface area (TPSA) is 149 Å². The van der Waals surface area contributed by atoms with Gasteiger partial charge in [0.25, 0.3) is 10.0 Å². The summed E-state index contributed by atoms with van der Waals surface area (Å²) in [5, 5.41) is 3.60. The van der Waals surface area contributed by atoms with Crippen molar-refractivity contribution in [3.8, 4) is 6.01 Å². The standard InChI is InChI=1S/C14H17N5O6S2/c1-4-9-15-12(18-14(16-9)24-3)17-13(21)19-27(22,23)8-6-7-26-10(8)11(20)25-5-2/h6-7H,4-5H2,1-3H3,(H2,15,16,17,18,19,21). The summed E-state index contributed by atoms with van der Waals surface area (Å²) in [7, 11) is -2.97. The number of carbonyl (C=O) groups excluding carboxylic acids is 2. The molecule has 0 saturated carbocycles. The fourth-order valence-corrected chi connectivity index (χ4v) is 4.08. The molecule has 0 aliphatic heterocycles. The van der Waals surface area contributed by atoms with Gasteiger partial charge in [-0.15, -0.1) is 11.3 Å². The lowest BCUT2D eigenvalue weighted by atomic mass is 10.5. The van der Waals surface area contributed by atoms with E-state index in [4.69, 9.17) is 9.47 Å². The molecule has 11 nitrogen and oxygen atoms in total. The molecule has 0 aliphatic rings. The maximum atomic E-state index is 12.4. The molecule has 0 atom stereocenters. The number of carbonyl (C=O) groups is 2. The van der Waals surface area contributed by atoms with Crippen LogP contribution >= 0.6 is 11.3 Å². The van der Waals surface area contributed by atoms with E-state index >= 15 is 0 Å². The Balaban J connectivity index is 2.18. The molecule has 0 bridgehead atoms. The van der Waals surface area contributed by atoms with Crippen LogP contribution in [0.5, 0.6) is 6.01 Å². The second-order valence-corrected chi connectivity index (χ2v) is 7.38. The van der Waals surface area contributed by atoms with Crippen LogP contribution in [0.15, 0.2) is 16.3 Å². The molecule has 0 aliphatic carbocycles. The smallest absolute Gasteiger partial charge is 0.349 e. The minimum absolute atomic E-state index is 0.0255. The van der Waals surface area contributed by atoms with E-state index < -0.39 is 22.0 Å². The van der Waals surface area contributed by atoms with Crippen molar-refractivity contribution >= 4 is 39.3 Å². The van der Waals surface area contributed by atoms with Crippen molar-refractivity contribution in [3.63, 3.8) is 0 Å². The zero-order valence-corrected chi connectivity index (χ0v) is 16.3. The van der Waals surface area contributed by atoms with Gasteiger partial charge in [0.2, 0.25) is 5.95 Å². The molecule has 0 saturated heterocycles. The van der Waals surface area contributed by atoms with Crippen molar-refractivity contribution in [2.45, 2.75) is 25.2 Å². The Morgan fingerprint density at radius 3 is 2.59 bits per heavy atom. The highest BCUT2D eigenvalue weighted by Crippen LogP contribution is 2.23. The first kappa shape index (κ1) is 20.5. The van der Waals surface area contributed by atoms with Crippen LogP contribution in [0.3, 0.4) is 0 Å². The number of esters is 1. The van der Waals surface area contributed by atoms with Crippen molar-refractivity contribution in [2.24, 2.45) is 0 Å². The second-order valence-electron chi connectivity index (χ2n) is 4.81. The lowest BCUT2D eigenvalue weighted by Gasteiger charge is -2.09. The molecule has 2 rings (SSSR count). The Morgan fingerprint density at radius 1 is 1.22 bits per heavy atom. The molecule has 0 radical (unpaired) electrons. The number of hydrogen-bond donors (Lipinski definition) is 2. The summed E-state index contributed by atoms with van der Waals surface area (Å²) in [6, 6.07) is 0.0713. The van der Waals surface area contributed by atoms with Gasteiger partial charge in [-0.3, -0.25) is 5.32 Å². The number of aryl methyl sites for hydroxylation is 1. The second kappa shape index (κ2) is 8.73. The predicted molar refractivity (Wildman–Crippen MR) is 95.4 cm³/mol. The van der Waals surface area contributed by atoms with Gasteiger partial charge in [-0.05, 0) is 18.4 Å². The molecule has 0 aromatic carbocycles. The molecule has 0 unspecified atom stereocenters. The molecule has 2 aromatic rings. The number of nitrogens with one attached hydrogen (secondary N) is 2. The van der Waals surface area contributed by atoms with E-state index in [9.17, 15) is 18.0 Å². The third-order valence-electron chi connectivity index (χ3n) is 2.99. The monoisotopic (exact) mass is 415 g/mol.